The normalized spacial score (nSPS) is 13.2. The molecule has 6 nitrogen and oxygen atoms in total. The van der Waals surface area contributed by atoms with Gasteiger partial charge in [0.05, 0.1) is 13.3 Å². The summed E-state index contributed by atoms with van der Waals surface area (Å²) in [4.78, 5) is 0. The van der Waals surface area contributed by atoms with Crippen molar-refractivity contribution in [3.05, 3.63) is 48.5 Å². The predicted molar refractivity (Wildman–Crippen MR) is 75.5 cm³/mol. The smallest absolute Gasteiger partial charge is 0.243 e. The number of nitrogens with zero attached hydrogens (tertiary/aromatic N) is 2. The Hall–Kier alpha value is -1.86. The largest absolute Gasteiger partial charge is 0.384 e. The minimum atomic E-state index is -3.28. The van der Waals surface area contributed by atoms with Crippen LogP contribution in [-0.2, 0) is 23.6 Å². The van der Waals surface area contributed by atoms with Gasteiger partial charge in [0.1, 0.15) is 25.0 Å². The number of anilines is 1. The maximum absolute atomic E-state index is 11.1. The summed E-state index contributed by atoms with van der Waals surface area (Å²) in [6.45, 7) is 0.444. The first kappa shape index (κ1) is 14.5. The molecule has 2 rings (SSSR count). The second-order valence-electron chi connectivity index (χ2n) is 4.79. The van der Waals surface area contributed by atoms with Crippen molar-refractivity contribution in [2.75, 3.05) is 11.0 Å². The number of sulfonamides is 1. The van der Waals surface area contributed by atoms with Gasteiger partial charge in [0.15, 0.2) is 0 Å². The Morgan fingerprint density at radius 3 is 2.50 bits per heavy atom. The zero-order valence-electron chi connectivity index (χ0n) is 11.4. The molecule has 108 valence electrons. The third kappa shape index (κ3) is 4.07. The highest BCUT2D eigenvalue weighted by Crippen LogP contribution is 2.18. The van der Waals surface area contributed by atoms with E-state index in [4.69, 9.17) is 0 Å². The molecule has 0 unspecified atom stereocenters. The highest BCUT2D eigenvalue weighted by molar-refractivity contribution is 7.92. The molecule has 0 fully saturated rings. The summed E-state index contributed by atoms with van der Waals surface area (Å²) >= 11 is 0. The molecule has 0 amide bonds. The fourth-order valence-electron chi connectivity index (χ4n) is 1.90. The van der Waals surface area contributed by atoms with Crippen LogP contribution in [0.3, 0.4) is 0 Å². The monoisotopic (exact) mass is 296 g/mol. The number of rotatable bonds is 5. The van der Waals surface area contributed by atoms with Gasteiger partial charge in [0, 0.05) is 5.69 Å². The van der Waals surface area contributed by atoms with E-state index in [2.05, 4.69) is 4.72 Å². The average Bonchev–Trinajstić information content (AvgIpc) is 2.73. The fourth-order valence-corrected chi connectivity index (χ4v) is 2.47. The number of hydrogen-bond donors (Lipinski definition) is 2. The van der Waals surface area contributed by atoms with Crippen molar-refractivity contribution >= 4 is 15.7 Å². The van der Waals surface area contributed by atoms with Crippen LogP contribution in [0, 0.1) is 0 Å². The molecule has 0 radical (unpaired) electrons. The van der Waals surface area contributed by atoms with Crippen molar-refractivity contribution in [3.8, 4) is 0 Å². The number of aromatic nitrogens is 2. The minimum Gasteiger partial charge on any atom is -0.384 e. The zero-order chi connectivity index (χ0) is 14.8. The van der Waals surface area contributed by atoms with Gasteiger partial charge in [0.25, 0.3) is 0 Å². The summed E-state index contributed by atoms with van der Waals surface area (Å²) in [7, 11) is -1.36. The first-order valence-corrected chi connectivity index (χ1v) is 7.99. The van der Waals surface area contributed by atoms with Gasteiger partial charge in [-0.15, -0.1) is 0 Å². The van der Waals surface area contributed by atoms with Gasteiger partial charge in [-0.05, 0) is 17.7 Å². The van der Waals surface area contributed by atoms with E-state index in [0.29, 0.717) is 12.2 Å². The molecule has 0 aliphatic heterocycles. The van der Waals surface area contributed by atoms with Crippen LogP contribution in [0.25, 0.3) is 0 Å². The van der Waals surface area contributed by atoms with Gasteiger partial charge in [-0.1, -0.05) is 12.1 Å². The van der Waals surface area contributed by atoms with Crippen LogP contribution in [0.1, 0.15) is 11.7 Å². The molecule has 7 heteroatoms. The first-order valence-electron chi connectivity index (χ1n) is 6.10. The van der Waals surface area contributed by atoms with E-state index in [9.17, 15) is 13.5 Å². The lowest BCUT2D eigenvalue weighted by atomic mass is 10.1. The van der Waals surface area contributed by atoms with Gasteiger partial charge in [-0.3, -0.25) is 4.72 Å². The lowest BCUT2D eigenvalue weighted by molar-refractivity contribution is -0.671. The highest BCUT2D eigenvalue weighted by Gasteiger charge is 2.12. The SMILES string of the molecule is C[n+]1ccn(C[C@@H](O)c2ccc(NS(C)(=O)=O)cc2)c1. The van der Waals surface area contributed by atoms with Gasteiger partial charge in [-0.25, -0.2) is 17.6 Å². The molecule has 0 saturated heterocycles. The van der Waals surface area contributed by atoms with E-state index in [1.54, 1.807) is 24.3 Å². The molecular formula is C13H18N3O3S+. The maximum atomic E-state index is 11.1. The molecule has 0 bridgehead atoms. The molecule has 1 aromatic carbocycles. The lowest BCUT2D eigenvalue weighted by Crippen LogP contribution is -2.24. The van der Waals surface area contributed by atoms with Crippen LogP contribution in [0.5, 0.6) is 0 Å². The molecule has 0 aliphatic rings. The molecule has 1 heterocycles. The van der Waals surface area contributed by atoms with Gasteiger partial charge in [-0.2, -0.15) is 0 Å². The standard InChI is InChI=1S/C13H18N3O3S/c1-15-7-8-16(10-15)9-13(17)11-3-5-12(6-4-11)14-20(2,18)19/h3-8,10,13-14,17H,9H2,1-2H3/q+1/t13-/m1/s1. The van der Waals surface area contributed by atoms with Crippen LogP contribution in [-0.4, -0.2) is 24.3 Å². The predicted octanol–water partition coefficient (Wildman–Crippen LogP) is 0.418. The van der Waals surface area contributed by atoms with Crippen molar-refractivity contribution in [2.45, 2.75) is 12.6 Å². The topological polar surface area (TPSA) is 75.2 Å². The van der Waals surface area contributed by atoms with Crippen LogP contribution >= 0.6 is 0 Å². The quantitative estimate of drug-likeness (QED) is 0.785. The lowest BCUT2D eigenvalue weighted by Gasteiger charge is -2.10. The first-order chi connectivity index (χ1) is 9.33. The Labute approximate surface area is 118 Å². The molecule has 20 heavy (non-hydrogen) atoms. The summed E-state index contributed by atoms with van der Waals surface area (Å²) in [6.07, 6.45) is 6.11. The number of nitrogens with one attached hydrogen (secondary N) is 1. The summed E-state index contributed by atoms with van der Waals surface area (Å²) in [6, 6.07) is 6.69. The molecular weight excluding hydrogens is 278 g/mol. The summed E-state index contributed by atoms with van der Waals surface area (Å²) in [5, 5.41) is 10.1. The van der Waals surface area contributed by atoms with E-state index >= 15 is 0 Å². The second kappa shape index (κ2) is 5.64. The van der Waals surface area contributed by atoms with Gasteiger partial charge < -0.3 is 5.11 Å². The van der Waals surface area contributed by atoms with Gasteiger partial charge >= 0.3 is 0 Å². The second-order valence-corrected chi connectivity index (χ2v) is 6.54. The van der Waals surface area contributed by atoms with E-state index in [1.165, 1.54) is 0 Å². The number of aryl methyl sites for hydroxylation is 1. The van der Waals surface area contributed by atoms with E-state index < -0.39 is 16.1 Å². The number of benzene rings is 1. The Bertz CT molecular complexity index is 677. The Balaban J connectivity index is 2.05. The van der Waals surface area contributed by atoms with Crippen LogP contribution in [0.2, 0.25) is 0 Å². The van der Waals surface area contributed by atoms with Crippen LogP contribution in [0.15, 0.2) is 43.0 Å². The van der Waals surface area contributed by atoms with E-state index in [0.717, 1.165) is 11.8 Å². The fraction of sp³-hybridized carbons (Fsp3) is 0.308. The Morgan fingerprint density at radius 1 is 1.35 bits per heavy atom. The zero-order valence-corrected chi connectivity index (χ0v) is 12.2. The molecule has 0 spiro atoms. The number of hydrogen-bond acceptors (Lipinski definition) is 3. The maximum Gasteiger partial charge on any atom is 0.243 e. The average molecular weight is 296 g/mol. The number of aliphatic hydroxyl groups excluding tert-OH is 1. The van der Waals surface area contributed by atoms with Crippen LogP contribution in [0.4, 0.5) is 5.69 Å². The Kier molecular flexibility index (Phi) is 4.10. The summed E-state index contributed by atoms with van der Waals surface area (Å²) in [5.74, 6) is 0. The number of aliphatic hydroxyl groups is 1. The van der Waals surface area contributed by atoms with Crippen LogP contribution < -0.4 is 9.29 Å². The minimum absolute atomic E-state index is 0.444. The van der Waals surface area contributed by atoms with Gasteiger partial charge in [0.2, 0.25) is 16.4 Å². The Morgan fingerprint density at radius 2 is 2.00 bits per heavy atom. The molecule has 0 aliphatic carbocycles. The van der Waals surface area contributed by atoms with Crippen molar-refractivity contribution < 1.29 is 18.1 Å². The van der Waals surface area contributed by atoms with Crippen molar-refractivity contribution in [1.82, 2.24) is 4.57 Å². The van der Waals surface area contributed by atoms with Crippen molar-refractivity contribution in [2.24, 2.45) is 7.05 Å². The third-order valence-electron chi connectivity index (χ3n) is 2.81. The molecule has 2 N–H and O–H groups in total. The van der Waals surface area contributed by atoms with Crippen molar-refractivity contribution in [3.63, 3.8) is 0 Å². The van der Waals surface area contributed by atoms with E-state index in [1.807, 2.05) is 34.9 Å². The molecule has 2 aromatic rings. The van der Waals surface area contributed by atoms with Crippen molar-refractivity contribution in [1.29, 1.82) is 0 Å². The van der Waals surface area contributed by atoms with E-state index in [-0.39, 0.29) is 0 Å². The summed E-state index contributed by atoms with van der Waals surface area (Å²) in [5.41, 5.74) is 1.22. The summed E-state index contributed by atoms with van der Waals surface area (Å²) < 4.78 is 28.4. The molecule has 1 atom stereocenters. The highest BCUT2D eigenvalue weighted by atomic mass is 32.2. The number of imidazole rings is 1. The third-order valence-corrected chi connectivity index (χ3v) is 3.41. The molecule has 1 aromatic heterocycles. The molecule has 0 saturated carbocycles.